The smallest absolute Gasteiger partial charge is 0.321 e. The Kier molecular flexibility index (Phi) is 4.26. The zero-order chi connectivity index (χ0) is 13.7. The summed E-state index contributed by atoms with van der Waals surface area (Å²) in [5.41, 5.74) is 0.640. The summed E-state index contributed by atoms with van der Waals surface area (Å²) in [7, 11) is 0. The quantitative estimate of drug-likeness (QED) is 0.805. The Morgan fingerprint density at radius 2 is 2.47 bits per heavy atom. The number of carbonyl (C=O) groups is 1. The number of aliphatic hydroxyl groups is 1. The van der Waals surface area contributed by atoms with E-state index in [1.54, 1.807) is 29.2 Å². The van der Waals surface area contributed by atoms with Gasteiger partial charge in [-0.2, -0.15) is 0 Å². The van der Waals surface area contributed by atoms with Gasteiger partial charge in [-0.3, -0.25) is 0 Å². The first-order valence-electron chi connectivity index (χ1n) is 6.09. The van der Waals surface area contributed by atoms with Crippen LogP contribution in [0.1, 0.15) is 6.42 Å². The van der Waals surface area contributed by atoms with E-state index in [1.807, 2.05) is 0 Å². The Balaban J connectivity index is 1.95. The Morgan fingerprint density at radius 3 is 3.16 bits per heavy atom. The summed E-state index contributed by atoms with van der Waals surface area (Å²) in [5.74, 6) is 2.99. The van der Waals surface area contributed by atoms with Gasteiger partial charge in [0.2, 0.25) is 0 Å². The molecule has 0 spiro atoms. The topological polar surface area (TPSA) is 61.8 Å². The normalized spacial score (nSPS) is 17.9. The summed E-state index contributed by atoms with van der Waals surface area (Å²) in [6.07, 6.45) is 5.32. The lowest BCUT2D eigenvalue weighted by atomic mass is 10.3. The van der Waals surface area contributed by atoms with Gasteiger partial charge in [0.05, 0.1) is 6.10 Å². The number of carbonyl (C=O) groups excluding carboxylic acids is 1. The van der Waals surface area contributed by atoms with Crippen LogP contribution >= 0.6 is 0 Å². The number of rotatable bonds is 3. The molecule has 0 radical (unpaired) electrons. The van der Waals surface area contributed by atoms with Crippen LogP contribution in [-0.4, -0.2) is 41.8 Å². The molecule has 5 nitrogen and oxygen atoms in total. The molecule has 2 amide bonds. The van der Waals surface area contributed by atoms with Gasteiger partial charge < -0.3 is 20.1 Å². The van der Waals surface area contributed by atoms with E-state index in [-0.39, 0.29) is 12.6 Å². The van der Waals surface area contributed by atoms with Crippen molar-refractivity contribution in [1.82, 2.24) is 4.90 Å². The van der Waals surface area contributed by atoms with Crippen LogP contribution in [0.3, 0.4) is 0 Å². The van der Waals surface area contributed by atoms with Crippen LogP contribution in [0, 0.1) is 12.3 Å². The number of aliphatic hydroxyl groups excluding tert-OH is 1. The van der Waals surface area contributed by atoms with E-state index in [2.05, 4.69) is 11.2 Å². The van der Waals surface area contributed by atoms with Crippen molar-refractivity contribution in [2.75, 3.05) is 25.0 Å². The van der Waals surface area contributed by atoms with E-state index in [9.17, 15) is 9.90 Å². The average Bonchev–Trinajstić information content (AvgIpc) is 2.83. The van der Waals surface area contributed by atoms with Crippen LogP contribution in [0.5, 0.6) is 5.75 Å². The molecule has 5 heteroatoms. The standard InChI is InChI=1S/C14H16N2O3/c1-2-8-19-13-5-3-4-11(9-13)15-14(18)16-7-6-12(17)10-16/h1,3-5,9,12,17H,6-8,10H2,(H,15,18)/t12-/m1/s1. The number of ether oxygens (including phenoxy) is 1. The van der Waals surface area contributed by atoms with E-state index < -0.39 is 6.10 Å². The third-order valence-electron chi connectivity index (χ3n) is 2.86. The second-order valence-electron chi connectivity index (χ2n) is 4.34. The third kappa shape index (κ3) is 3.63. The molecule has 1 aromatic carbocycles. The summed E-state index contributed by atoms with van der Waals surface area (Å²) in [5, 5.41) is 12.2. The summed E-state index contributed by atoms with van der Waals surface area (Å²) < 4.78 is 5.28. The Labute approximate surface area is 112 Å². The van der Waals surface area contributed by atoms with Gasteiger partial charge in [-0.15, -0.1) is 6.42 Å². The van der Waals surface area contributed by atoms with Crippen molar-refractivity contribution < 1.29 is 14.6 Å². The van der Waals surface area contributed by atoms with Gasteiger partial charge in [0.1, 0.15) is 12.4 Å². The van der Waals surface area contributed by atoms with Crippen molar-refractivity contribution in [2.24, 2.45) is 0 Å². The number of nitrogens with one attached hydrogen (secondary N) is 1. The number of hydrogen-bond donors (Lipinski definition) is 2. The van der Waals surface area contributed by atoms with Gasteiger partial charge in [-0.05, 0) is 18.6 Å². The number of β-amino-alcohol motifs (C(OH)–C–C–N with tert-alkyl or cyclic N) is 1. The minimum atomic E-state index is -0.420. The highest BCUT2D eigenvalue weighted by molar-refractivity contribution is 5.89. The zero-order valence-electron chi connectivity index (χ0n) is 10.5. The fraction of sp³-hybridized carbons (Fsp3) is 0.357. The van der Waals surface area contributed by atoms with Crippen LogP contribution in [-0.2, 0) is 0 Å². The van der Waals surface area contributed by atoms with Crippen molar-refractivity contribution in [3.8, 4) is 18.1 Å². The molecule has 1 aliphatic heterocycles. The Morgan fingerprint density at radius 1 is 1.63 bits per heavy atom. The molecular formula is C14H16N2O3. The third-order valence-corrected chi connectivity index (χ3v) is 2.86. The molecule has 1 heterocycles. The summed E-state index contributed by atoms with van der Waals surface area (Å²) in [6.45, 7) is 1.13. The van der Waals surface area contributed by atoms with Crippen molar-refractivity contribution in [2.45, 2.75) is 12.5 Å². The van der Waals surface area contributed by atoms with Gasteiger partial charge in [0.25, 0.3) is 0 Å². The predicted molar refractivity (Wildman–Crippen MR) is 72.0 cm³/mol. The molecule has 100 valence electrons. The van der Waals surface area contributed by atoms with Crippen LogP contribution in [0.15, 0.2) is 24.3 Å². The molecule has 1 saturated heterocycles. The number of amides is 2. The van der Waals surface area contributed by atoms with Gasteiger partial charge in [-0.1, -0.05) is 12.0 Å². The largest absolute Gasteiger partial charge is 0.481 e. The van der Waals surface area contributed by atoms with Crippen LogP contribution in [0.4, 0.5) is 10.5 Å². The number of nitrogens with zero attached hydrogens (tertiary/aromatic N) is 1. The molecule has 19 heavy (non-hydrogen) atoms. The van der Waals surface area contributed by atoms with Crippen LogP contribution < -0.4 is 10.1 Å². The SMILES string of the molecule is C#CCOc1cccc(NC(=O)N2CC[C@@H](O)C2)c1. The zero-order valence-corrected chi connectivity index (χ0v) is 10.5. The number of hydrogen-bond acceptors (Lipinski definition) is 3. The van der Waals surface area contributed by atoms with Crippen molar-refractivity contribution >= 4 is 11.7 Å². The van der Waals surface area contributed by atoms with E-state index in [4.69, 9.17) is 11.2 Å². The van der Waals surface area contributed by atoms with Gasteiger partial charge in [-0.25, -0.2) is 4.79 Å². The minimum Gasteiger partial charge on any atom is -0.481 e. The summed E-state index contributed by atoms with van der Waals surface area (Å²) in [6, 6.07) is 6.81. The molecule has 0 bridgehead atoms. The number of benzene rings is 1. The lowest BCUT2D eigenvalue weighted by molar-refractivity contribution is 0.176. The number of anilines is 1. The monoisotopic (exact) mass is 260 g/mol. The maximum Gasteiger partial charge on any atom is 0.321 e. The van der Waals surface area contributed by atoms with Crippen LogP contribution in [0.2, 0.25) is 0 Å². The molecule has 2 N–H and O–H groups in total. The Hall–Kier alpha value is -2.19. The highest BCUT2D eigenvalue weighted by atomic mass is 16.5. The van der Waals surface area contributed by atoms with Crippen molar-refractivity contribution in [3.63, 3.8) is 0 Å². The van der Waals surface area contributed by atoms with E-state index in [0.29, 0.717) is 30.9 Å². The fourth-order valence-corrected chi connectivity index (χ4v) is 1.92. The molecule has 0 aromatic heterocycles. The first-order chi connectivity index (χ1) is 9.19. The maximum atomic E-state index is 11.9. The van der Waals surface area contributed by atoms with Crippen LogP contribution in [0.25, 0.3) is 0 Å². The maximum absolute atomic E-state index is 11.9. The second kappa shape index (κ2) is 6.12. The number of terminal acetylenes is 1. The fourth-order valence-electron chi connectivity index (χ4n) is 1.92. The molecule has 1 aromatic rings. The molecule has 0 unspecified atom stereocenters. The van der Waals surface area contributed by atoms with Crippen molar-refractivity contribution in [3.05, 3.63) is 24.3 Å². The number of likely N-dealkylation sites (tertiary alicyclic amines) is 1. The lowest BCUT2D eigenvalue weighted by Crippen LogP contribution is -2.33. The highest BCUT2D eigenvalue weighted by Crippen LogP contribution is 2.18. The van der Waals surface area contributed by atoms with E-state index in [0.717, 1.165) is 0 Å². The molecular weight excluding hydrogens is 244 g/mol. The van der Waals surface area contributed by atoms with Gasteiger partial charge >= 0.3 is 6.03 Å². The predicted octanol–water partition coefficient (Wildman–Crippen LogP) is 1.30. The first kappa shape index (κ1) is 13.2. The average molecular weight is 260 g/mol. The minimum absolute atomic E-state index is 0.190. The summed E-state index contributed by atoms with van der Waals surface area (Å²) >= 11 is 0. The van der Waals surface area contributed by atoms with Gasteiger partial charge in [0, 0.05) is 24.8 Å². The molecule has 1 aliphatic rings. The lowest BCUT2D eigenvalue weighted by Gasteiger charge is -2.16. The first-order valence-corrected chi connectivity index (χ1v) is 6.09. The molecule has 0 aliphatic carbocycles. The molecule has 0 saturated carbocycles. The Bertz CT molecular complexity index is 496. The highest BCUT2D eigenvalue weighted by Gasteiger charge is 2.24. The molecule has 2 rings (SSSR count). The van der Waals surface area contributed by atoms with Gasteiger partial charge in [0.15, 0.2) is 0 Å². The van der Waals surface area contributed by atoms with E-state index >= 15 is 0 Å². The molecule has 1 fully saturated rings. The van der Waals surface area contributed by atoms with Crippen molar-refractivity contribution in [1.29, 1.82) is 0 Å². The number of urea groups is 1. The summed E-state index contributed by atoms with van der Waals surface area (Å²) in [4.78, 5) is 13.5. The van der Waals surface area contributed by atoms with E-state index in [1.165, 1.54) is 0 Å². The second-order valence-corrected chi connectivity index (χ2v) is 4.34. The molecule has 1 atom stereocenters.